The van der Waals surface area contributed by atoms with Crippen LogP contribution in [0.1, 0.15) is 5.69 Å². The lowest BCUT2D eigenvalue weighted by atomic mass is 10.1. The molecule has 2 aromatic carbocycles. The summed E-state index contributed by atoms with van der Waals surface area (Å²) in [6.07, 6.45) is 0. The van der Waals surface area contributed by atoms with Gasteiger partial charge in [-0.05, 0) is 24.3 Å². The first-order valence-electron chi connectivity index (χ1n) is 6.54. The molecule has 4 nitrogen and oxygen atoms in total. The highest BCUT2D eigenvalue weighted by molar-refractivity contribution is 6.17. The summed E-state index contributed by atoms with van der Waals surface area (Å²) in [7, 11) is 1.64. The zero-order valence-corrected chi connectivity index (χ0v) is 12.3. The van der Waals surface area contributed by atoms with Crippen LogP contribution in [0.25, 0.3) is 16.9 Å². The molecule has 106 valence electrons. The summed E-state index contributed by atoms with van der Waals surface area (Å²) in [4.78, 5) is 0. The first kappa shape index (κ1) is 13.6. The molecule has 0 saturated carbocycles. The molecule has 0 unspecified atom stereocenters. The van der Waals surface area contributed by atoms with Crippen LogP contribution >= 0.6 is 11.6 Å². The molecular weight excluding hydrogens is 286 g/mol. The number of alkyl halides is 1. The minimum Gasteiger partial charge on any atom is -0.497 e. The van der Waals surface area contributed by atoms with Crippen molar-refractivity contribution in [2.45, 2.75) is 5.88 Å². The van der Waals surface area contributed by atoms with E-state index in [4.69, 9.17) is 16.3 Å². The summed E-state index contributed by atoms with van der Waals surface area (Å²) in [5.74, 6) is 1.12. The Morgan fingerprint density at radius 2 is 1.76 bits per heavy atom. The Hall–Kier alpha value is -2.33. The van der Waals surface area contributed by atoms with Crippen molar-refractivity contribution in [2.75, 3.05) is 7.11 Å². The Balaban J connectivity index is 2.12. The molecule has 3 aromatic rings. The second kappa shape index (κ2) is 5.97. The predicted octanol–water partition coefficient (Wildman–Crippen LogP) is 3.68. The lowest BCUT2D eigenvalue weighted by molar-refractivity contribution is 0.414. The summed E-state index contributed by atoms with van der Waals surface area (Å²) in [5, 5.41) is 8.41. The third-order valence-electron chi connectivity index (χ3n) is 3.23. The van der Waals surface area contributed by atoms with Crippen molar-refractivity contribution in [3.05, 3.63) is 60.3 Å². The molecule has 3 rings (SSSR count). The molecule has 0 bridgehead atoms. The van der Waals surface area contributed by atoms with Crippen molar-refractivity contribution >= 4 is 11.6 Å². The lowest BCUT2D eigenvalue weighted by Crippen LogP contribution is -2.00. The van der Waals surface area contributed by atoms with E-state index in [1.165, 1.54) is 0 Å². The van der Waals surface area contributed by atoms with E-state index in [-0.39, 0.29) is 0 Å². The molecule has 0 fully saturated rings. The smallest absolute Gasteiger partial charge is 0.119 e. The number of ether oxygens (including phenoxy) is 1. The number of hydrogen-bond acceptors (Lipinski definition) is 3. The Morgan fingerprint density at radius 1 is 1.05 bits per heavy atom. The van der Waals surface area contributed by atoms with Gasteiger partial charge in [-0.1, -0.05) is 35.5 Å². The van der Waals surface area contributed by atoms with Gasteiger partial charge in [-0.3, -0.25) is 0 Å². The van der Waals surface area contributed by atoms with Crippen molar-refractivity contribution in [3.8, 4) is 22.7 Å². The van der Waals surface area contributed by atoms with Crippen LogP contribution in [-0.2, 0) is 5.88 Å². The quantitative estimate of drug-likeness (QED) is 0.690. The highest BCUT2D eigenvalue weighted by Gasteiger charge is 2.15. The molecule has 0 aliphatic carbocycles. The topological polar surface area (TPSA) is 39.9 Å². The van der Waals surface area contributed by atoms with Gasteiger partial charge in [0.05, 0.1) is 24.4 Å². The van der Waals surface area contributed by atoms with Gasteiger partial charge in [-0.2, -0.15) is 0 Å². The molecular formula is C16H14ClN3O. The molecule has 0 aliphatic heterocycles. The summed E-state index contributed by atoms with van der Waals surface area (Å²) in [6.45, 7) is 0. The first-order valence-corrected chi connectivity index (χ1v) is 7.07. The van der Waals surface area contributed by atoms with E-state index in [2.05, 4.69) is 10.3 Å². The maximum Gasteiger partial charge on any atom is 0.119 e. The lowest BCUT2D eigenvalue weighted by Gasteiger charge is -2.08. The normalized spacial score (nSPS) is 10.6. The van der Waals surface area contributed by atoms with Crippen molar-refractivity contribution in [2.24, 2.45) is 0 Å². The Bertz CT molecular complexity index is 723. The van der Waals surface area contributed by atoms with Gasteiger partial charge in [0, 0.05) is 5.56 Å². The first-order chi connectivity index (χ1) is 10.3. The monoisotopic (exact) mass is 299 g/mol. The van der Waals surface area contributed by atoms with E-state index in [0.717, 1.165) is 28.4 Å². The van der Waals surface area contributed by atoms with Crippen LogP contribution in [-0.4, -0.2) is 22.1 Å². The van der Waals surface area contributed by atoms with Gasteiger partial charge in [0.25, 0.3) is 0 Å². The SMILES string of the molecule is COc1ccc(-n2nnc(CCl)c2-c2ccccc2)cc1. The average Bonchev–Trinajstić information content (AvgIpc) is 2.99. The van der Waals surface area contributed by atoms with Gasteiger partial charge in [0.2, 0.25) is 0 Å². The standard InChI is InChI=1S/C16H14ClN3O/c1-21-14-9-7-13(8-10-14)20-16(15(11-17)18-19-20)12-5-3-2-4-6-12/h2-10H,11H2,1H3. The van der Waals surface area contributed by atoms with Crippen LogP contribution in [0.15, 0.2) is 54.6 Å². The predicted molar refractivity (Wildman–Crippen MR) is 82.9 cm³/mol. The Labute approximate surface area is 127 Å². The van der Waals surface area contributed by atoms with Crippen molar-refractivity contribution in [1.82, 2.24) is 15.0 Å². The fourth-order valence-corrected chi connectivity index (χ4v) is 2.37. The van der Waals surface area contributed by atoms with Gasteiger partial charge in [-0.15, -0.1) is 16.7 Å². The largest absolute Gasteiger partial charge is 0.497 e. The Kier molecular flexibility index (Phi) is 3.88. The summed E-state index contributed by atoms with van der Waals surface area (Å²) >= 11 is 5.99. The molecule has 0 radical (unpaired) electrons. The second-order valence-electron chi connectivity index (χ2n) is 4.49. The number of aromatic nitrogens is 3. The van der Waals surface area contributed by atoms with Crippen LogP contribution in [0.4, 0.5) is 0 Å². The molecule has 5 heteroatoms. The van der Waals surface area contributed by atoms with Gasteiger partial charge in [0.1, 0.15) is 11.4 Å². The maximum absolute atomic E-state index is 5.99. The van der Waals surface area contributed by atoms with E-state index in [0.29, 0.717) is 5.88 Å². The van der Waals surface area contributed by atoms with Gasteiger partial charge < -0.3 is 4.74 Å². The molecule has 0 atom stereocenters. The minimum atomic E-state index is 0.320. The molecule has 1 aromatic heterocycles. The third-order valence-corrected chi connectivity index (χ3v) is 3.48. The van der Waals surface area contributed by atoms with Crippen LogP contribution in [0.5, 0.6) is 5.75 Å². The van der Waals surface area contributed by atoms with E-state index in [1.807, 2.05) is 54.6 Å². The van der Waals surface area contributed by atoms with Crippen LogP contribution in [0.3, 0.4) is 0 Å². The third kappa shape index (κ3) is 2.62. The minimum absolute atomic E-state index is 0.320. The number of nitrogens with zero attached hydrogens (tertiary/aromatic N) is 3. The zero-order valence-electron chi connectivity index (χ0n) is 11.5. The Morgan fingerprint density at radius 3 is 2.38 bits per heavy atom. The number of methoxy groups -OCH3 is 1. The number of rotatable bonds is 4. The summed E-state index contributed by atoms with van der Waals surface area (Å²) < 4.78 is 6.98. The van der Waals surface area contributed by atoms with Crippen LogP contribution in [0, 0.1) is 0 Å². The van der Waals surface area contributed by atoms with Gasteiger partial charge >= 0.3 is 0 Å². The van der Waals surface area contributed by atoms with Crippen molar-refractivity contribution in [1.29, 1.82) is 0 Å². The molecule has 1 heterocycles. The second-order valence-corrected chi connectivity index (χ2v) is 4.76. The number of hydrogen-bond donors (Lipinski definition) is 0. The van der Waals surface area contributed by atoms with Crippen molar-refractivity contribution < 1.29 is 4.74 Å². The van der Waals surface area contributed by atoms with Crippen molar-refractivity contribution in [3.63, 3.8) is 0 Å². The fraction of sp³-hybridized carbons (Fsp3) is 0.125. The molecule has 21 heavy (non-hydrogen) atoms. The zero-order chi connectivity index (χ0) is 14.7. The van der Waals surface area contributed by atoms with Gasteiger partial charge in [0.15, 0.2) is 0 Å². The molecule has 0 spiro atoms. The van der Waals surface area contributed by atoms with Crippen LogP contribution < -0.4 is 4.74 Å². The average molecular weight is 300 g/mol. The van der Waals surface area contributed by atoms with E-state index >= 15 is 0 Å². The molecule has 0 amide bonds. The summed E-state index contributed by atoms with van der Waals surface area (Å²) in [5.41, 5.74) is 3.63. The number of halogens is 1. The fourth-order valence-electron chi connectivity index (χ4n) is 2.19. The number of benzene rings is 2. The van der Waals surface area contributed by atoms with Gasteiger partial charge in [-0.25, -0.2) is 4.68 Å². The van der Waals surface area contributed by atoms with E-state index < -0.39 is 0 Å². The highest BCUT2D eigenvalue weighted by Crippen LogP contribution is 2.26. The maximum atomic E-state index is 5.99. The summed E-state index contributed by atoms with van der Waals surface area (Å²) in [6, 6.07) is 17.7. The molecule has 0 aliphatic rings. The van der Waals surface area contributed by atoms with E-state index in [1.54, 1.807) is 11.8 Å². The van der Waals surface area contributed by atoms with Crippen LogP contribution in [0.2, 0.25) is 0 Å². The molecule has 0 N–H and O–H groups in total. The highest BCUT2D eigenvalue weighted by atomic mass is 35.5. The van der Waals surface area contributed by atoms with E-state index in [9.17, 15) is 0 Å². The molecule has 0 saturated heterocycles.